The summed E-state index contributed by atoms with van der Waals surface area (Å²) in [6.07, 6.45) is 48.8. The van der Waals surface area contributed by atoms with Crippen molar-refractivity contribution < 1.29 is 47.2 Å². The predicted octanol–water partition coefficient (Wildman–Crippen LogP) is 15.2. The fourth-order valence-electron chi connectivity index (χ4n) is 7.94. The summed E-state index contributed by atoms with van der Waals surface area (Å²) >= 11 is 0. The van der Waals surface area contributed by atoms with Crippen molar-refractivity contribution in [3.8, 4) is 0 Å². The minimum absolute atomic E-state index is 0.0419. The summed E-state index contributed by atoms with van der Waals surface area (Å²) < 4.78 is 34.0. The van der Waals surface area contributed by atoms with Crippen LogP contribution in [0.15, 0.2) is 24.3 Å². The highest BCUT2D eigenvalue weighted by atomic mass is 31.2. The first-order valence-electron chi connectivity index (χ1n) is 28.4. The lowest BCUT2D eigenvalue weighted by Crippen LogP contribution is -2.30. The number of esters is 2. The van der Waals surface area contributed by atoms with E-state index in [0.717, 1.165) is 89.9 Å². The molecule has 0 aromatic rings. The summed E-state index contributed by atoms with van der Waals surface area (Å²) in [6, 6.07) is 0. The molecule has 0 radical (unpaired) electrons. The van der Waals surface area contributed by atoms with Gasteiger partial charge in [-0.15, -0.1) is 0 Å². The minimum atomic E-state index is -4.60. The molecule has 12 nitrogen and oxygen atoms in total. The largest absolute Gasteiger partial charge is 0.472 e. The van der Waals surface area contributed by atoms with Crippen molar-refractivity contribution in [2.75, 3.05) is 32.9 Å². The number of phosphoric ester groups is 1. The molecule has 2 amide bonds. The van der Waals surface area contributed by atoms with Crippen LogP contribution in [0.25, 0.3) is 0 Å². The van der Waals surface area contributed by atoms with E-state index >= 15 is 0 Å². The lowest BCUT2D eigenvalue weighted by atomic mass is 10.1. The van der Waals surface area contributed by atoms with Gasteiger partial charge >= 0.3 is 19.8 Å². The number of rotatable bonds is 53. The van der Waals surface area contributed by atoms with E-state index in [1.54, 1.807) is 0 Å². The van der Waals surface area contributed by atoms with Crippen LogP contribution in [0.3, 0.4) is 0 Å². The standard InChI is InChI=1S/C56H105N2O10P/c1-4-7-10-13-16-19-21-23-25-27-29-31-33-36-39-45-55(61)65-50-52(68-56(62)46-40-37-34-32-30-28-26-24-22-20-17-14-11-8-5-2)51-67-69(63,64)66-49-48-58-54(60)44-42-43-53(59)57-47-41-38-35-18-15-12-9-6-3/h23-26,52H,4-22,27-51H2,1-3H3,(H,57,59)(H,58,60)(H,63,64). The highest BCUT2D eigenvalue weighted by Crippen LogP contribution is 2.43. The van der Waals surface area contributed by atoms with Gasteiger partial charge in [0.15, 0.2) is 6.10 Å². The van der Waals surface area contributed by atoms with Gasteiger partial charge in [-0.05, 0) is 77.0 Å². The van der Waals surface area contributed by atoms with Crippen LogP contribution in [0.4, 0.5) is 0 Å². The molecule has 0 heterocycles. The summed E-state index contributed by atoms with van der Waals surface area (Å²) in [5.41, 5.74) is 0. The van der Waals surface area contributed by atoms with E-state index in [2.05, 4.69) is 55.7 Å². The van der Waals surface area contributed by atoms with Crippen LogP contribution in [0.2, 0.25) is 0 Å². The molecule has 69 heavy (non-hydrogen) atoms. The molecule has 0 rings (SSSR count). The molecule has 0 saturated heterocycles. The Morgan fingerprint density at radius 1 is 0.435 bits per heavy atom. The lowest BCUT2D eigenvalue weighted by molar-refractivity contribution is -0.161. The number of hydrogen-bond acceptors (Lipinski definition) is 9. The quantitative estimate of drug-likeness (QED) is 0.0231. The number of carbonyl (C=O) groups is 4. The van der Waals surface area contributed by atoms with Crippen molar-refractivity contribution >= 4 is 31.6 Å². The first kappa shape index (κ1) is 66.5. The maximum Gasteiger partial charge on any atom is 0.472 e. The van der Waals surface area contributed by atoms with E-state index in [1.807, 2.05) is 0 Å². The van der Waals surface area contributed by atoms with E-state index in [-0.39, 0.29) is 57.3 Å². The number of phosphoric acid groups is 1. The van der Waals surface area contributed by atoms with Crippen LogP contribution >= 0.6 is 7.82 Å². The van der Waals surface area contributed by atoms with Crippen molar-refractivity contribution in [3.05, 3.63) is 24.3 Å². The number of nitrogens with one attached hydrogen (secondary N) is 2. The number of carbonyl (C=O) groups excluding carboxylic acids is 4. The average molecular weight is 997 g/mol. The molecule has 13 heteroatoms. The van der Waals surface area contributed by atoms with E-state index in [9.17, 15) is 28.6 Å². The Balaban J connectivity index is 4.59. The lowest BCUT2D eigenvalue weighted by Gasteiger charge is -2.20. The third-order valence-electron chi connectivity index (χ3n) is 12.3. The molecule has 404 valence electrons. The highest BCUT2D eigenvalue weighted by molar-refractivity contribution is 7.47. The molecule has 2 unspecified atom stereocenters. The van der Waals surface area contributed by atoms with Gasteiger partial charge in [0, 0.05) is 38.8 Å². The molecule has 3 N–H and O–H groups in total. The Hall–Kier alpha value is -2.53. The normalized spacial score (nSPS) is 12.9. The van der Waals surface area contributed by atoms with Crippen molar-refractivity contribution in [3.63, 3.8) is 0 Å². The van der Waals surface area contributed by atoms with Gasteiger partial charge < -0.3 is 25.0 Å². The number of amides is 2. The first-order valence-corrected chi connectivity index (χ1v) is 29.9. The molecule has 0 spiro atoms. The number of unbranched alkanes of at least 4 members (excludes halogenated alkanes) is 29. The summed E-state index contributed by atoms with van der Waals surface area (Å²) in [6.45, 7) is 6.17. The third-order valence-corrected chi connectivity index (χ3v) is 13.3. The van der Waals surface area contributed by atoms with Crippen LogP contribution in [0.5, 0.6) is 0 Å². The zero-order valence-corrected chi connectivity index (χ0v) is 45.5. The number of allylic oxidation sites excluding steroid dienone is 4. The van der Waals surface area contributed by atoms with Crippen LogP contribution in [0, 0.1) is 0 Å². The second kappa shape index (κ2) is 51.8. The van der Waals surface area contributed by atoms with E-state index < -0.39 is 32.5 Å². The first-order chi connectivity index (χ1) is 33.6. The zero-order valence-electron chi connectivity index (χ0n) is 44.6. The molecule has 2 atom stereocenters. The minimum Gasteiger partial charge on any atom is -0.462 e. The molecule has 0 fully saturated rings. The molecule has 0 bridgehead atoms. The maximum atomic E-state index is 12.8. The predicted molar refractivity (Wildman–Crippen MR) is 284 cm³/mol. The Morgan fingerprint density at radius 2 is 0.812 bits per heavy atom. The van der Waals surface area contributed by atoms with Crippen LogP contribution in [-0.2, 0) is 42.3 Å². The van der Waals surface area contributed by atoms with Gasteiger partial charge in [-0.25, -0.2) is 4.57 Å². The Labute approximate surface area is 422 Å². The van der Waals surface area contributed by atoms with Crippen LogP contribution < -0.4 is 10.6 Å². The van der Waals surface area contributed by atoms with Crippen molar-refractivity contribution in [1.82, 2.24) is 10.6 Å². The Kier molecular flexibility index (Phi) is 49.9. The van der Waals surface area contributed by atoms with E-state index in [0.29, 0.717) is 25.8 Å². The number of hydrogen-bond donors (Lipinski definition) is 3. The smallest absolute Gasteiger partial charge is 0.462 e. The molecule has 0 aliphatic carbocycles. The van der Waals surface area contributed by atoms with E-state index in [1.165, 1.54) is 116 Å². The molecule has 0 aliphatic rings. The Morgan fingerprint density at radius 3 is 1.26 bits per heavy atom. The van der Waals surface area contributed by atoms with Gasteiger partial charge in [-0.1, -0.05) is 193 Å². The van der Waals surface area contributed by atoms with Crippen molar-refractivity contribution in [2.45, 2.75) is 277 Å². The topological polar surface area (TPSA) is 167 Å². The maximum absolute atomic E-state index is 12.8. The summed E-state index contributed by atoms with van der Waals surface area (Å²) in [5.74, 6) is -1.30. The van der Waals surface area contributed by atoms with Crippen molar-refractivity contribution in [2.24, 2.45) is 0 Å². The van der Waals surface area contributed by atoms with Gasteiger partial charge in [0.1, 0.15) is 6.61 Å². The van der Waals surface area contributed by atoms with Crippen LogP contribution in [0.1, 0.15) is 271 Å². The highest BCUT2D eigenvalue weighted by Gasteiger charge is 2.26. The molecular formula is C56H105N2O10P. The monoisotopic (exact) mass is 997 g/mol. The second-order valence-electron chi connectivity index (χ2n) is 19.1. The van der Waals surface area contributed by atoms with Crippen LogP contribution in [-0.4, -0.2) is 67.7 Å². The second-order valence-corrected chi connectivity index (χ2v) is 20.5. The summed E-state index contributed by atoms with van der Waals surface area (Å²) in [4.78, 5) is 60.3. The molecule has 0 aliphatic heterocycles. The number of ether oxygens (including phenoxy) is 2. The molecule has 0 aromatic carbocycles. The Bertz CT molecular complexity index is 1310. The van der Waals surface area contributed by atoms with Gasteiger partial charge in [0.05, 0.1) is 13.2 Å². The van der Waals surface area contributed by atoms with Crippen molar-refractivity contribution in [1.29, 1.82) is 0 Å². The average Bonchev–Trinajstić information content (AvgIpc) is 3.33. The fourth-order valence-corrected chi connectivity index (χ4v) is 8.69. The third kappa shape index (κ3) is 51.6. The fraction of sp³-hybridized carbons (Fsp3) is 0.857. The SMILES string of the molecule is CCCCCCCCC=CCCCCCCCC(=O)OCC(COP(=O)(O)OCCNC(=O)CCCC(=O)NCCCCCCCCCC)OC(=O)CCCCCCCC=CCCCCCCCC. The zero-order chi connectivity index (χ0) is 50.6. The molecular weight excluding hydrogens is 892 g/mol. The van der Waals surface area contributed by atoms with Gasteiger partial charge in [-0.2, -0.15) is 0 Å². The molecule has 0 saturated carbocycles. The molecule has 0 aromatic heterocycles. The van der Waals surface area contributed by atoms with Gasteiger partial charge in [-0.3, -0.25) is 28.2 Å². The summed E-state index contributed by atoms with van der Waals surface area (Å²) in [5, 5.41) is 5.54. The van der Waals surface area contributed by atoms with Gasteiger partial charge in [0.2, 0.25) is 11.8 Å². The summed E-state index contributed by atoms with van der Waals surface area (Å²) in [7, 11) is -4.60. The van der Waals surface area contributed by atoms with Gasteiger partial charge in [0.25, 0.3) is 0 Å². The van der Waals surface area contributed by atoms with E-state index in [4.69, 9.17) is 18.5 Å².